The van der Waals surface area contributed by atoms with Crippen molar-refractivity contribution in [1.29, 1.82) is 0 Å². The SMILES string of the molecule is Cc1ccc2c(oc3ncccc32)c1-c1nc2ccccc2n1C. The van der Waals surface area contributed by atoms with Gasteiger partial charge in [0.15, 0.2) is 0 Å². The van der Waals surface area contributed by atoms with Crippen molar-refractivity contribution in [1.82, 2.24) is 14.5 Å². The standard InChI is InChI=1S/C20H15N3O/c1-12-9-10-13-14-6-5-11-21-20(14)24-18(13)17(12)19-22-15-7-3-4-8-16(15)23(19)2/h3-11H,1-2H3. The summed E-state index contributed by atoms with van der Waals surface area (Å²) in [6.07, 6.45) is 1.76. The number of hydrogen-bond acceptors (Lipinski definition) is 3. The van der Waals surface area contributed by atoms with Gasteiger partial charge in [0.05, 0.1) is 16.6 Å². The maximum Gasteiger partial charge on any atom is 0.227 e. The molecule has 24 heavy (non-hydrogen) atoms. The lowest BCUT2D eigenvalue weighted by Gasteiger charge is -2.07. The molecular formula is C20H15N3O. The number of hydrogen-bond donors (Lipinski definition) is 0. The maximum atomic E-state index is 6.11. The lowest BCUT2D eigenvalue weighted by atomic mass is 10.0. The largest absolute Gasteiger partial charge is 0.437 e. The molecule has 0 aliphatic heterocycles. The number of furan rings is 1. The highest BCUT2D eigenvalue weighted by Crippen LogP contribution is 2.37. The summed E-state index contributed by atoms with van der Waals surface area (Å²) in [5.74, 6) is 0.915. The van der Waals surface area contributed by atoms with Crippen molar-refractivity contribution in [2.75, 3.05) is 0 Å². The minimum atomic E-state index is 0.665. The van der Waals surface area contributed by atoms with Crippen molar-refractivity contribution >= 4 is 33.1 Å². The van der Waals surface area contributed by atoms with Crippen LogP contribution in [-0.2, 0) is 7.05 Å². The van der Waals surface area contributed by atoms with Crippen LogP contribution < -0.4 is 0 Å². The van der Waals surface area contributed by atoms with Gasteiger partial charge in [-0.15, -0.1) is 0 Å². The summed E-state index contributed by atoms with van der Waals surface area (Å²) in [7, 11) is 2.05. The molecule has 3 aromatic heterocycles. The lowest BCUT2D eigenvalue weighted by Crippen LogP contribution is -1.95. The second kappa shape index (κ2) is 4.68. The summed E-state index contributed by atoms with van der Waals surface area (Å²) in [5, 5.41) is 2.11. The third kappa shape index (κ3) is 1.68. The first-order valence-corrected chi connectivity index (χ1v) is 7.93. The first-order chi connectivity index (χ1) is 11.7. The van der Waals surface area contributed by atoms with Gasteiger partial charge in [-0.1, -0.05) is 24.3 Å². The predicted octanol–water partition coefficient (Wildman–Crippen LogP) is 4.84. The number of fused-ring (bicyclic) bond motifs is 4. The Morgan fingerprint density at radius 3 is 2.71 bits per heavy atom. The van der Waals surface area contributed by atoms with E-state index in [0.29, 0.717) is 5.71 Å². The third-order valence-electron chi connectivity index (χ3n) is 4.64. The van der Waals surface area contributed by atoms with Crippen LogP contribution in [0.1, 0.15) is 5.56 Å². The fraction of sp³-hybridized carbons (Fsp3) is 0.100. The van der Waals surface area contributed by atoms with E-state index in [2.05, 4.69) is 34.7 Å². The molecule has 0 radical (unpaired) electrons. The van der Waals surface area contributed by atoms with Gasteiger partial charge in [-0.3, -0.25) is 0 Å². The number of aromatic nitrogens is 3. The van der Waals surface area contributed by atoms with Crippen molar-refractivity contribution in [2.24, 2.45) is 7.05 Å². The zero-order chi connectivity index (χ0) is 16.3. The highest BCUT2D eigenvalue weighted by atomic mass is 16.3. The number of benzene rings is 2. The predicted molar refractivity (Wildman–Crippen MR) is 96.0 cm³/mol. The molecule has 0 saturated heterocycles. The van der Waals surface area contributed by atoms with Gasteiger partial charge >= 0.3 is 0 Å². The van der Waals surface area contributed by atoms with Crippen molar-refractivity contribution in [3.05, 3.63) is 60.3 Å². The van der Waals surface area contributed by atoms with Crippen LogP contribution in [0.4, 0.5) is 0 Å². The third-order valence-corrected chi connectivity index (χ3v) is 4.64. The molecule has 0 fully saturated rings. The molecule has 0 aliphatic rings. The van der Waals surface area contributed by atoms with Gasteiger partial charge in [-0.2, -0.15) is 0 Å². The highest BCUT2D eigenvalue weighted by Gasteiger charge is 2.19. The van der Waals surface area contributed by atoms with Gasteiger partial charge in [0.25, 0.3) is 0 Å². The summed E-state index contributed by atoms with van der Waals surface area (Å²) in [6.45, 7) is 2.09. The lowest BCUT2D eigenvalue weighted by molar-refractivity contribution is 0.654. The van der Waals surface area contributed by atoms with Gasteiger partial charge in [-0.25, -0.2) is 9.97 Å². The summed E-state index contributed by atoms with van der Waals surface area (Å²) in [6, 6.07) is 16.4. The Hall–Kier alpha value is -3.14. The molecule has 3 heterocycles. The van der Waals surface area contributed by atoms with E-state index < -0.39 is 0 Å². The summed E-state index contributed by atoms with van der Waals surface area (Å²) < 4.78 is 8.23. The Morgan fingerprint density at radius 1 is 0.958 bits per heavy atom. The van der Waals surface area contributed by atoms with Crippen LogP contribution in [0.5, 0.6) is 0 Å². The monoisotopic (exact) mass is 313 g/mol. The molecule has 0 aliphatic carbocycles. The minimum Gasteiger partial charge on any atom is -0.437 e. The average molecular weight is 313 g/mol. The summed E-state index contributed by atoms with van der Waals surface area (Å²) >= 11 is 0. The molecule has 0 atom stereocenters. The normalized spacial score (nSPS) is 11.8. The van der Waals surface area contributed by atoms with Gasteiger partial charge in [-0.05, 0) is 36.8 Å². The highest BCUT2D eigenvalue weighted by molar-refractivity contribution is 6.09. The van der Waals surface area contributed by atoms with Crippen LogP contribution >= 0.6 is 0 Å². The Balaban J connectivity index is 1.94. The molecule has 2 aromatic carbocycles. The number of rotatable bonds is 1. The van der Waals surface area contributed by atoms with E-state index in [0.717, 1.165) is 44.3 Å². The van der Waals surface area contributed by atoms with Crippen LogP contribution in [0.25, 0.3) is 44.5 Å². The fourth-order valence-corrected chi connectivity index (χ4v) is 3.42. The van der Waals surface area contributed by atoms with Crippen LogP contribution in [0, 0.1) is 6.92 Å². The molecule has 0 saturated carbocycles. The van der Waals surface area contributed by atoms with Crippen molar-refractivity contribution in [3.8, 4) is 11.4 Å². The van der Waals surface area contributed by atoms with E-state index in [4.69, 9.17) is 9.40 Å². The smallest absolute Gasteiger partial charge is 0.227 e. The first kappa shape index (κ1) is 13.3. The van der Waals surface area contributed by atoms with Crippen molar-refractivity contribution < 1.29 is 4.42 Å². The molecule has 0 N–H and O–H groups in total. The van der Waals surface area contributed by atoms with Gasteiger partial charge in [0.2, 0.25) is 5.71 Å². The van der Waals surface area contributed by atoms with E-state index in [1.54, 1.807) is 6.20 Å². The summed E-state index contributed by atoms with van der Waals surface area (Å²) in [4.78, 5) is 9.20. The van der Waals surface area contributed by atoms with E-state index in [1.807, 2.05) is 37.4 Å². The van der Waals surface area contributed by atoms with Gasteiger partial charge in [0.1, 0.15) is 11.4 Å². The molecule has 0 unspecified atom stereocenters. The van der Waals surface area contributed by atoms with E-state index in [9.17, 15) is 0 Å². The number of aryl methyl sites for hydroxylation is 2. The minimum absolute atomic E-state index is 0.665. The number of imidazole rings is 1. The van der Waals surface area contributed by atoms with E-state index in [1.165, 1.54) is 0 Å². The number of pyridine rings is 1. The fourth-order valence-electron chi connectivity index (χ4n) is 3.42. The maximum absolute atomic E-state index is 6.11. The van der Waals surface area contributed by atoms with Gasteiger partial charge < -0.3 is 8.98 Å². The quantitative estimate of drug-likeness (QED) is 0.444. The van der Waals surface area contributed by atoms with Crippen LogP contribution in [0.2, 0.25) is 0 Å². The molecule has 0 bridgehead atoms. The van der Waals surface area contributed by atoms with E-state index in [-0.39, 0.29) is 0 Å². The number of nitrogens with zero attached hydrogens (tertiary/aromatic N) is 3. The summed E-state index contributed by atoms with van der Waals surface area (Å²) in [5.41, 5.74) is 5.78. The Morgan fingerprint density at radius 2 is 1.83 bits per heavy atom. The Labute approximate surface area is 138 Å². The second-order valence-corrected chi connectivity index (χ2v) is 6.08. The van der Waals surface area contributed by atoms with Crippen molar-refractivity contribution in [3.63, 3.8) is 0 Å². The molecular weight excluding hydrogens is 298 g/mol. The van der Waals surface area contributed by atoms with Crippen LogP contribution in [0.3, 0.4) is 0 Å². The Bertz CT molecular complexity index is 1230. The van der Waals surface area contributed by atoms with E-state index >= 15 is 0 Å². The van der Waals surface area contributed by atoms with Crippen LogP contribution in [-0.4, -0.2) is 14.5 Å². The molecule has 4 heteroatoms. The molecule has 4 nitrogen and oxygen atoms in total. The van der Waals surface area contributed by atoms with Crippen molar-refractivity contribution in [2.45, 2.75) is 6.92 Å². The molecule has 0 amide bonds. The van der Waals surface area contributed by atoms with Crippen LogP contribution in [0.15, 0.2) is 59.1 Å². The zero-order valence-electron chi connectivity index (χ0n) is 13.4. The molecule has 5 rings (SSSR count). The topological polar surface area (TPSA) is 43.9 Å². The first-order valence-electron chi connectivity index (χ1n) is 7.93. The molecule has 0 spiro atoms. The number of para-hydroxylation sites is 2. The zero-order valence-corrected chi connectivity index (χ0v) is 13.4. The van der Waals surface area contributed by atoms with Gasteiger partial charge in [0, 0.05) is 24.0 Å². The molecule has 5 aromatic rings. The molecule has 116 valence electrons. The Kier molecular flexibility index (Phi) is 2.59. The second-order valence-electron chi connectivity index (χ2n) is 6.08. The average Bonchev–Trinajstić information content (AvgIpc) is 3.13.